The van der Waals surface area contributed by atoms with Crippen LogP contribution < -0.4 is 17.2 Å². The summed E-state index contributed by atoms with van der Waals surface area (Å²) in [4.78, 5) is 27.0. The quantitative estimate of drug-likeness (QED) is 0.117. The number of hydrogen-bond acceptors (Lipinski definition) is 4. The highest BCUT2D eigenvalue weighted by Crippen LogP contribution is 2.25. The average Bonchev–Trinajstić information content (AvgIpc) is 2.59. The van der Waals surface area contributed by atoms with E-state index in [0.717, 1.165) is 19.3 Å². The van der Waals surface area contributed by atoms with E-state index in [-0.39, 0.29) is 30.6 Å². The van der Waals surface area contributed by atoms with Crippen molar-refractivity contribution < 1.29 is 24.4 Å². The summed E-state index contributed by atoms with van der Waals surface area (Å²) in [6, 6.07) is 4.51. The van der Waals surface area contributed by atoms with Crippen LogP contribution in [0.5, 0.6) is 0 Å². The molecule has 0 heterocycles. The molecule has 29 heavy (non-hydrogen) atoms. The summed E-state index contributed by atoms with van der Waals surface area (Å²) in [6.45, 7) is 1.76. The van der Waals surface area contributed by atoms with E-state index < -0.39 is 23.1 Å². The number of halogens is 1. The van der Waals surface area contributed by atoms with Gasteiger partial charge in [0.1, 0.15) is 6.54 Å². The molecular formula is C18H28ClN6O4+. The van der Waals surface area contributed by atoms with E-state index >= 15 is 0 Å². The van der Waals surface area contributed by atoms with Crippen molar-refractivity contribution in [2.24, 2.45) is 27.3 Å². The molecule has 10 nitrogen and oxygen atoms in total. The number of rotatable bonds is 11. The van der Waals surface area contributed by atoms with Gasteiger partial charge >= 0.3 is 17.9 Å². The molecule has 0 aliphatic rings. The smallest absolute Gasteiger partial charge is 0.362 e. The standard InChI is InChI=1S/C18H27ClN6O4/c1-2-3-4-5-8-25(11-16(28)29,24-17(20)21)18(22)23-14-7-6-13(19)9-12(14)10-15(26)27/h6-7,9H,2-5,8,10-11H2,1H3,(H7-,20,21,22,23,24,26,27,28,29)/p+1. The van der Waals surface area contributed by atoms with Gasteiger partial charge in [-0.2, -0.15) is 4.99 Å². The average molecular weight is 428 g/mol. The summed E-state index contributed by atoms with van der Waals surface area (Å²) in [5, 5.41) is 23.0. The molecule has 1 aromatic rings. The van der Waals surface area contributed by atoms with Crippen LogP contribution in [0.2, 0.25) is 5.02 Å². The molecule has 0 saturated carbocycles. The van der Waals surface area contributed by atoms with Crippen molar-refractivity contribution in [3.05, 3.63) is 28.8 Å². The highest BCUT2D eigenvalue weighted by molar-refractivity contribution is 6.30. The van der Waals surface area contributed by atoms with Crippen molar-refractivity contribution >= 4 is 41.1 Å². The number of carboxylic acid groups (broad SMARTS) is 2. The largest absolute Gasteiger partial charge is 0.481 e. The normalized spacial score (nSPS) is 13.5. The first-order chi connectivity index (χ1) is 13.6. The van der Waals surface area contributed by atoms with Gasteiger partial charge in [0.25, 0.3) is 0 Å². The zero-order chi connectivity index (χ0) is 22.0. The predicted molar refractivity (Wildman–Crippen MR) is 112 cm³/mol. The Kier molecular flexibility index (Phi) is 9.36. The van der Waals surface area contributed by atoms with Crippen LogP contribution in [0, 0.1) is 0 Å². The van der Waals surface area contributed by atoms with Crippen molar-refractivity contribution in [3.8, 4) is 0 Å². The SMILES string of the molecule is CCCCCC[N+](CC(=O)O)(N=C(N)N)C(N)=Nc1ccc(Cl)cc1CC(=O)O. The summed E-state index contributed by atoms with van der Waals surface area (Å²) < 4.78 is -0.615. The van der Waals surface area contributed by atoms with Crippen LogP contribution >= 0.6 is 11.6 Å². The van der Waals surface area contributed by atoms with E-state index in [1.54, 1.807) is 0 Å². The summed E-state index contributed by atoms with van der Waals surface area (Å²) in [7, 11) is 0. The van der Waals surface area contributed by atoms with Gasteiger partial charge in [-0.3, -0.25) is 4.79 Å². The zero-order valence-corrected chi connectivity index (χ0v) is 17.1. The molecule has 1 aromatic carbocycles. The minimum absolute atomic E-state index is 0.161. The molecule has 0 spiro atoms. The monoisotopic (exact) mass is 427 g/mol. The Labute approximate surface area is 174 Å². The third kappa shape index (κ3) is 7.96. The van der Waals surface area contributed by atoms with E-state index in [1.807, 2.05) is 0 Å². The fraction of sp³-hybridized carbons (Fsp3) is 0.444. The lowest BCUT2D eigenvalue weighted by molar-refractivity contribution is -0.842. The molecule has 0 amide bonds. The van der Waals surface area contributed by atoms with Crippen LogP contribution in [-0.4, -0.2) is 51.8 Å². The molecule has 1 rings (SSSR count). The lowest BCUT2D eigenvalue weighted by atomic mass is 10.1. The molecular weight excluding hydrogens is 400 g/mol. The number of hydrogen-bond donors (Lipinski definition) is 5. The van der Waals surface area contributed by atoms with E-state index in [4.69, 9.17) is 33.9 Å². The van der Waals surface area contributed by atoms with Crippen molar-refractivity contribution in [2.75, 3.05) is 13.1 Å². The van der Waals surface area contributed by atoms with Gasteiger partial charge in [-0.15, -0.1) is 4.59 Å². The number of nitrogens with zero attached hydrogens (tertiary/aromatic N) is 3. The molecule has 0 aliphatic heterocycles. The van der Waals surface area contributed by atoms with E-state index in [2.05, 4.69) is 17.0 Å². The van der Waals surface area contributed by atoms with E-state index in [0.29, 0.717) is 17.0 Å². The Hall–Kier alpha value is -2.85. The third-order valence-electron chi connectivity index (χ3n) is 4.13. The summed E-state index contributed by atoms with van der Waals surface area (Å²) in [5.41, 5.74) is 17.9. The van der Waals surface area contributed by atoms with Gasteiger partial charge < -0.3 is 27.4 Å². The van der Waals surface area contributed by atoms with Crippen LogP contribution in [0.3, 0.4) is 0 Å². The molecule has 0 aromatic heterocycles. The third-order valence-corrected chi connectivity index (χ3v) is 4.37. The molecule has 0 fully saturated rings. The second-order valence-electron chi connectivity index (χ2n) is 6.60. The Bertz CT molecular complexity index is 795. The van der Waals surface area contributed by atoms with Crippen molar-refractivity contribution in [1.82, 2.24) is 0 Å². The molecule has 8 N–H and O–H groups in total. The van der Waals surface area contributed by atoms with E-state index in [1.165, 1.54) is 18.2 Å². The molecule has 0 saturated heterocycles. The van der Waals surface area contributed by atoms with Crippen LogP contribution in [-0.2, 0) is 16.0 Å². The highest BCUT2D eigenvalue weighted by Gasteiger charge is 2.37. The molecule has 0 bridgehead atoms. The fourth-order valence-electron chi connectivity index (χ4n) is 2.84. The van der Waals surface area contributed by atoms with Crippen molar-refractivity contribution in [1.29, 1.82) is 0 Å². The maximum absolute atomic E-state index is 11.5. The first-order valence-corrected chi connectivity index (χ1v) is 9.52. The van der Waals surface area contributed by atoms with Crippen LogP contribution in [0.15, 0.2) is 28.3 Å². The van der Waals surface area contributed by atoms with Gasteiger partial charge in [0.2, 0.25) is 12.5 Å². The number of carboxylic acids is 2. The number of unbranched alkanes of at least 4 members (excludes halogenated alkanes) is 3. The molecule has 160 valence electrons. The van der Waals surface area contributed by atoms with Gasteiger partial charge in [0, 0.05) is 5.02 Å². The Morgan fingerprint density at radius 1 is 1.10 bits per heavy atom. The number of carbonyl (C=O) groups is 2. The molecule has 1 unspecified atom stereocenters. The van der Waals surface area contributed by atoms with Gasteiger partial charge in [-0.05, 0) is 41.7 Å². The highest BCUT2D eigenvalue weighted by atomic mass is 35.5. The molecule has 11 heteroatoms. The topological polar surface area (TPSA) is 177 Å². The first kappa shape index (κ1) is 24.2. The lowest BCUT2D eigenvalue weighted by Crippen LogP contribution is -2.57. The number of nitrogens with two attached hydrogens (primary N) is 3. The van der Waals surface area contributed by atoms with Crippen LogP contribution in [0.1, 0.15) is 38.2 Å². The Morgan fingerprint density at radius 2 is 1.79 bits per heavy atom. The van der Waals surface area contributed by atoms with Crippen molar-refractivity contribution in [2.45, 2.75) is 39.0 Å². The molecule has 0 aliphatic carbocycles. The Balaban J connectivity index is 3.44. The number of guanidine groups is 2. The maximum Gasteiger partial charge on any atom is 0.362 e. The summed E-state index contributed by atoms with van der Waals surface area (Å²) in [6.07, 6.45) is 3.09. The van der Waals surface area contributed by atoms with Gasteiger partial charge in [-0.1, -0.05) is 31.4 Å². The minimum atomic E-state index is -1.16. The van der Waals surface area contributed by atoms with Gasteiger partial charge in [0.05, 0.1) is 12.1 Å². The molecule has 0 radical (unpaired) electrons. The number of aliphatic carboxylic acids is 2. The number of aliphatic imine (C=N–C) groups is 1. The zero-order valence-electron chi connectivity index (χ0n) is 16.3. The number of quaternary nitrogens is 1. The van der Waals surface area contributed by atoms with Crippen molar-refractivity contribution in [3.63, 3.8) is 0 Å². The van der Waals surface area contributed by atoms with Crippen LogP contribution in [0.25, 0.3) is 0 Å². The molecule has 1 atom stereocenters. The summed E-state index contributed by atoms with van der Waals surface area (Å²) in [5.74, 6) is -2.73. The van der Waals surface area contributed by atoms with Crippen LogP contribution in [0.4, 0.5) is 5.69 Å². The second kappa shape index (κ2) is 11.2. The van der Waals surface area contributed by atoms with E-state index in [9.17, 15) is 14.7 Å². The predicted octanol–water partition coefficient (Wildman–Crippen LogP) is 1.58. The fourth-order valence-corrected chi connectivity index (χ4v) is 3.03. The number of benzene rings is 1. The van der Waals surface area contributed by atoms with Gasteiger partial charge in [-0.25, -0.2) is 4.79 Å². The van der Waals surface area contributed by atoms with Gasteiger partial charge in [0.15, 0.2) is 0 Å². The summed E-state index contributed by atoms with van der Waals surface area (Å²) >= 11 is 5.95. The first-order valence-electron chi connectivity index (χ1n) is 9.14. The maximum atomic E-state index is 11.5. The lowest BCUT2D eigenvalue weighted by Gasteiger charge is -2.28. The Morgan fingerprint density at radius 3 is 2.34 bits per heavy atom. The second-order valence-corrected chi connectivity index (χ2v) is 7.03. The minimum Gasteiger partial charge on any atom is -0.481 e.